The molecule has 1 aliphatic rings. The van der Waals surface area contributed by atoms with E-state index in [4.69, 9.17) is 4.74 Å². The molecule has 0 aromatic heterocycles. The van der Waals surface area contributed by atoms with Crippen LogP contribution in [-0.2, 0) is 4.74 Å². The molecule has 13 heavy (non-hydrogen) atoms. The molecule has 2 nitrogen and oxygen atoms in total. The smallest absolute Gasteiger partial charge is 0.0650 e. The molecule has 0 aromatic rings. The van der Waals surface area contributed by atoms with Gasteiger partial charge in [0.2, 0.25) is 0 Å². The molecule has 76 valence electrons. The molecule has 0 aliphatic carbocycles. The van der Waals surface area contributed by atoms with Crippen LogP contribution in [0.1, 0.15) is 26.7 Å². The van der Waals surface area contributed by atoms with Crippen LogP contribution in [0.3, 0.4) is 0 Å². The van der Waals surface area contributed by atoms with Crippen molar-refractivity contribution in [3.8, 4) is 0 Å². The van der Waals surface area contributed by atoms with Gasteiger partial charge in [-0.15, -0.1) is 0 Å². The Bertz CT molecular complexity index is 155. The van der Waals surface area contributed by atoms with Crippen LogP contribution in [-0.4, -0.2) is 26.3 Å². The summed E-state index contributed by atoms with van der Waals surface area (Å²) in [6, 6.07) is 0. The molecule has 1 N–H and O–H groups in total. The first kappa shape index (κ1) is 10.7. The van der Waals surface area contributed by atoms with Crippen LogP contribution < -0.4 is 5.32 Å². The SMILES string of the molecule is CC(C)=CCOC[C@@H]1CCCNC1. The second-order valence-electron chi connectivity index (χ2n) is 4.03. The van der Waals surface area contributed by atoms with Crippen molar-refractivity contribution in [1.29, 1.82) is 0 Å². The Hall–Kier alpha value is -0.340. The highest BCUT2D eigenvalue weighted by molar-refractivity contribution is 4.92. The number of rotatable bonds is 4. The number of nitrogens with one attached hydrogen (secondary N) is 1. The van der Waals surface area contributed by atoms with Crippen molar-refractivity contribution in [1.82, 2.24) is 5.32 Å². The summed E-state index contributed by atoms with van der Waals surface area (Å²) in [4.78, 5) is 0. The summed E-state index contributed by atoms with van der Waals surface area (Å²) in [5, 5.41) is 3.39. The Morgan fingerprint density at radius 3 is 3.00 bits per heavy atom. The molecule has 0 aromatic carbocycles. The first-order valence-corrected chi connectivity index (χ1v) is 5.21. The van der Waals surface area contributed by atoms with E-state index in [9.17, 15) is 0 Å². The minimum absolute atomic E-state index is 0.735. The van der Waals surface area contributed by atoms with Crippen molar-refractivity contribution >= 4 is 0 Å². The van der Waals surface area contributed by atoms with Gasteiger partial charge in [-0.2, -0.15) is 0 Å². The summed E-state index contributed by atoms with van der Waals surface area (Å²) in [6.07, 6.45) is 4.76. The van der Waals surface area contributed by atoms with E-state index in [1.165, 1.54) is 25.0 Å². The van der Waals surface area contributed by atoms with Gasteiger partial charge in [-0.25, -0.2) is 0 Å². The molecule has 1 atom stereocenters. The van der Waals surface area contributed by atoms with Crippen molar-refractivity contribution < 1.29 is 4.74 Å². The van der Waals surface area contributed by atoms with Gasteiger partial charge < -0.3 is 10.1 Å². The standard InChI is InChI=1S/C11H21NO/c1-10(2)5-7-13-9-11-4-3-6-12-8-11/h5,11-12H,3-4,6-9H2,1-2H3/t11-/m1/s1. The highest BCUT2D eigenvalue weighted by Gasteiger charge is 2.11. The minimum atomic E-state index is 0.735. The van der Waals surface area contributed by atoms with Crippen molar-refractivity contribution in [2.24, 2.45) is 5.92 Å². The van der Waals surface area contributed by atoms with Gasteiger partial charge in [0.05, 0.1) is 13.2 Å². The second kappa shape index (κ2) is 6.17. The summed E-state index contributed by atoms with van der Waals surface area (Å²) in [6.45, 7) is 8.21. The summed E-state index contributed by atoms with van der Waals surface area (Å²) >= 11 is 0. The Morgan fingerprint density at radius 1 is 1.54 bits per heavy atom. The lowest BCUT2D eigenvalue weighted by Gasteiger charge is -2.22. The molecule has 1 fully saturated rings. The normalized spacial score (nSPS) is 22.8. The number of hydrogen-bond donors (Lipinski definition) is 1. The Balaban J connectivity index is 2.01. The van der Waals surface area contributed by atoms with E-state index >= 15 is 0 Å². The zero-order valence-corrected chi connectivity index (χ0v) is 8.81. The zero-order valence-electron chi connectivity index (χ0n) is 8.81. The Morgan fingerprint density at radius 2 is 2.38 bits per heavy atom. The predicted octanol–water partition coefficient (Wildman–Crippen LogP) is 1.97. The fourth-order valence-electron chi connectivity index (χ4n) is 1.53. The maximum absolute atomic E-state index is 5.57. The quantitative estimate of drug-likeness (QED) is 0.531. The predicted molar refractivity (Wildman–Crippen MR) is 55.8 cm³/mol. The number of hydrogen-bond acceptors (Lipinski definition) is 2. The summed E-state index contributed by atoms with van der Waals surface area (Å²) < 4.78 is 5.57. The second-order valence-corrected chi connectivity index (χ2v) is 4.03. The highest BCUT2D eigenvalue weighted by atomic mass is 16.5. The van der Waals surface area contributed by atoms with Crippen molar-refractivity contribution in [2.75, 3.05) is 26.3 Å². The third-order valence-electron chi connectivity index (χ3n) is 2.36. The van der Waals surface area contributed by atoms with Crippen LogP contribution in [0, 0.1) is 5.92 Å². The molecule has 2 heteroatoms. The molecular formula is C11H21NO. The third-order valence-corrected chi connectivity index (χ3v) is 2.36. The molecule has 1 rings (SSSR count). The van der Waals surface area contributed by atoms with E-state index in [0.29, 0.717) is 0 Å². The van der Waals surface area contributed by atoms with Crippen LogP contribution in [0.25, 0.3) is 0 Å². The minimum Gasteiger partial charge on any atom is -0.377 e. The summed E-state index contributed by atoms with van der Waals surface area (Å²) in [5.41, 5.74) is 1.33. The van der Waals surface area contributed by atoms with Gasteiger partial charge in [-0.3, -0.25) is 0 Å². The zero-order chi connectivity index (χ0) is 9.52. The lowest BCUT2D eigenvalue weighted by Crippen LogP contribution is -2.32. The largest absolute Gasteiger partial charge is 0.377 e. The van der Waals surface area contributed by atoms with Gasteiger partial charge >= 0.3 is 0 Å². The van der Waals surface area contributed by atoms with Crippen LogP contribution in [0.5, 0.6) is 0 Å². The van der Waals surface area contributed by atoms with E-state index in [1.54, 1.807) is 0 Å². The molecule has 0 spiro atoms. The van der Waals surface area contributed by atoms with Gasteiger partial charge in [0.15, 0.2) is 0 Å². The van der Waals surface area contributed by atoms with Crippen LogP contribution >= 0.6 is 0 Å². The molecule has 0 radical (unpaired) electrons. The lowest BCUT2D eigenvalue weighted by molar-refractivity contribution is 0.111. The molecule has 0 saturated carbocycles. The number of ether oxygens (including phenoxy) is 1. The third kappa shape index (κ3) is 5.06. The average molecular weight is 183 g/mol. The van der Waals surface area contributed by atoms with E-state index in [2.05, 4.69) is 25.2 Å². The van der Waals surface area contributed by atoms with Gasteiger partial charge in [-0.05, 0) is 39.2 Å². The molecule has 0 amide bonds. The van der Waals surface area contributed by atoms with E-state index in [1.807, 2.05) is 0 Å². The molecule has 0 bridgehead atoms. The van der Waals surface area contributed by atoms with E-state index in [0.717, 1.165) is 25.7 Å². The average Bonchev–Trinajstić information content (AvgIpc) is 2.14. The summed E-state index contributed by atoms with van der Waals surface area (Å²) in [7, 11) is 0. The molecule has 1 heterocycles. The highest BCUT2D eigenvalue weighted by Crippen LogP contribution is 2.09. The molecule has 0 unspecified atom stereocenters. The number of allylic oxidation sites excluding steroid dienone is 1. The van der Waals surface area contributed by atoms with Crippen LogP contribution in [0.4, 0.5) is 0 Å². The lowest BCUT2D eigenvalue weighted by atomic mass is 10.0. The molecule has 1 aliphatic heterocycles. The van der Waals surface area contributed by atoms with Crippen molar-refractivity contribution in [3.63, 3.8) is 0 Å². The molecular weight excluding hydrogens is 162 g/mol. The van der Waals surface area contributed by atoms with Gasteiger partial charge in [-0.1, -0.05) is 11.6 Å². The van der Waals surface area contributed by atoms with E-state index in [-0.39, 0.29) is 0 Å². The van der Waals surface area contributed by atoms with E-state index < -0.39 is 0 Å². The van der Waals surface area contributed by atoms with Gasteiger partial charge in [0, 0.05) is 6.54 Å². The first-order chi connectivity index (χ1) is 6.29. The maximum Gasteiger partial charge on any atom is 0.0650 e. The molecule has 1 saturated heterocycles. The number of piperidine rings is 1. The first-order valence-electron chi connectivity index (χ1n) is 5.21. The van der Waals surface area contributed by atoms with Gasteiger partial charge in [0.1, 0.15) is 0 Å². The van der Waals surface area contributed by atoms with Crippen LogP contribution in [0.2, 0.25) is 0 Å². The summed E-state index contributed by atoms with van der Waals surface area (Å²) in [5.74, 6) is 0.735. The van der Waals surface area contributed by atoms with Crippen molar-refractivity contribution in [3.05, 3.63) is 11.6 Å². The van der Waals surface area contributed by atoms with Crippen LogP contribution in [0.15, 0.2) is 11.6 Å². The maximum atomic E-state index is 5.57. The fraction of sp³-hybridized carbons (Fsp3) is 0.818. The Labute approximate surface area is 81.4 Å². The fourth-order valence-corrected chi connectivity index (χ4v) is 1.53. The van der Waals surface area contributed by atoms with Gasteiger partial charge in [0.25, 0.3) is 0 Å². The Kier molecular flexibility index (Phi) is 5.09. The monoisotopic (exact) mass is 183 g/mol. The van der Waals surface area contributed by atoms with Crippen molar-refractivity contribution in [2.45, 2.75) is 26.7 Å². The topological polar surface area (TPSA) is 21.3 Å².